The minimum absolute atomic E-state index is 0.110. The minimum Gasteiger partial charge on any atom is -0.490 e. The molecule has 5 rings (SSSR count). The summed E-state index contributed by atoms with van der Waals surface area (Å²) in [6.07, 6.45) is 4.34. The number of aromatic amines is 1. The summed E-state index contributed by atoms with van der Waals surface area (Å²) in [5.41, 5.74) is 3.17. The number of benzene rings is 3. The van der Waals surface area contributed by atoms with Gasteiger partial charge < -0.3 is 14.6 Å². The quantitative estimate of drug-likeness (QED) is 0.242. The molecular weight excluding hydrogens is 524 g/mol. The lowest BCUT2D eigenvalue weighted by Gasteiger charge is -2.31. The number of anilines is 2. The predicted molar refractivity (Wildman–Crippen MR) is 143 cm³/mol. The van der Waals surface area contributed by atoms with Crippen LogP contribution in [0.15, 0.2) is 65.7 Å². The zero-order valence-corrected chi connectivity index (χ0v) is 21.6. The Bertz CT molecular complexity index is 1520. The molecule has 2 heterocycles. The van der Waals surface area contributed by atoms with E-state index in [4.69, 9.17) is 27.9 Å². The van der Waals surface area contributed by atoms with Crippen molar-refractivity contribution in [2.75, 3.05) is 29.3 Å². The molecule has 2 N–H and O–H groups in total. The van der Waals surface area contributed by atoms with Crippen LogP contribution in [0.5, 0.6) is 5.75 Å². The lowest BCUT2D eigenvalue weighted by Crippen LogP contribution is -2.31. The number of hydrogen-bond donors (Lipinski definition) is 2. The highest BCUT2D eigenvalue weighted by Gasteiger charge is 2.24. The molecule has 36 heavy (non-hydrogen) atoms. The Morgan fingerprint density at radius 1 is 1.06 bits per heavy atom. The zero-order valence-electron chi connectivity index (χ0n) is 19.2. The number of hydrogen-bond acceptors (Lipinski definition) is 4. The van der Waals surface area contributed by atoms with E-state index in [9.17, 15) is 8.42 Å². The van der Waals surface area contributed by atoms with E-state index in [1.807, 2.05) is 12.1 Å². The van der Waals surface area contributed by atoms with Crippen molar-refractivity contribution in [1.29, 1.82) is 0 Å². The summed E-state index contributed by atoms with van der Waals surface area (Å²) in [7, 11) is -4.26. The molecule has 0 fully saturated rings. The molecule has 1 aliphatic rings. The molecule has 0 aliphatic carbocycles. The molecule has 0 radical (unpaired) electrons. The molecule has 0 amide bonds. The Balaban J connectivity index is 1.27. The monoisotopic (exact) mass is 547 g/mol. The molecule has 0 bridgehead atoms. The van der Waals surface area contributed by atoms with E-state index in [1.54, 1.807) is 0 Å². The van der Waals surface area contributed by atoms with Crippen molar-refractivity contribution in [2.45, 2.75) is 24.2 Å². The molecule has 3 aromatic carbocycles. The fourth-order valence-corrected chi connectivity index (χ4v) is 6.27. The van der Waals surface area contributed by atoms with Gasteiger partial charge in [-0.1, -0.05) is 47.5 Å². The first-order valence-electron chi connectivity index (χ1n) is 11.6. The number of para-hydroxylation sites is 1. The molecule has 0 spiro atoms. The second kappa shape index (κ2) is 10.2. The van der Waals surface area contributed by atoms with Crippen molar-refractivity contribution in [2.24, 2.45) is 0 Å². The van der Waals surface area contributed by atoms with E-state index in [0.29, 0.717) is 27.4 Å². The number of rotatable bonds is 8. The number of ether oxygens (including phenoxy) is 1. The summed E-state index contributed by atoms with van der Waals surface area (Å²) >= 11 is 12.3. The van der Waals surface area contributed by atoms with Gasteiger partial charge in [0.1, 0.15) is 4.90 Å². The summed E-state index contributed by atoms with van der Waals surface area (Å²) in [6, 6.07) is 15.4. The third-order valence-electron chi connectivity index (χ3n) is 6.23. The van der Waals surface area contributed by atoms with E-state index < -0.39 is 20.7 Å². The average Bonchev–Trinajstić information content (AvgIpc) is 3.27. The summed E-state index contributed by atoms with van der Waals surface area (Å²) < 4.78 is 49.5. The maximum Gasteiger partial charge on any atom is 0.265 e. The molecule has 1 aliphatic heterocycles. The van der Waals surface area contributed by atoms with Crippen LogP contribution in [0.25, 0.3) is 10.9 Å². The molecule has 188 valence electrons. The second-order valence-corrected chi connectivity index (χ2v) is 11.0. The third-order valence-corrected chi connectivity index (χ3v) is 8.23. The van der Waals surface area contributed by atoms with Gasteiger partial charge in [0, 0.05) is 30.4 Å². The molecule has 0 saturated carbocycles. The summed E-state index contributed by atoms with van der Waals surface area (Å²) in [6.45, 7) is 1.99. The van der Waals surface area contributed by atoms with Gasteiger partial charge in [-0.3, -0.25) is 4.72 Å². The number of halogens is 3. The van der Waals surface area contributed by atoms with Crippen LogP contribution in [-0.4, -0.2) is 33.1 Å². The van der Waals surface area contributed by atoms with Crippen molar-refractivity contribution >= 4 is 55.5 Å². The molecule has 10 heteroatoms. The Morgan fingerprint density at radius 2 is 1.89 bits per heavy atom. The second-order valence-electron chi connectivity index (χ2n) is 8.58. The van der Waals surface area contributed by atoms with Crippen molar-refractivity contribution < 1.29 is 17.5 Å². The normalized spacial score (nSPS) is 13.6. The van der Waals surface area contributed by atoms with Crippen LogP contribution in [0.4, 0.5) is 15.8 Å². The van der Waals surface area contributed by atoms with Crippen molar-refractivity contribution in [3.8, 4) is 5.75 Å². The third kappa shape index (κ3) is 4.85. The number of sulfonamides is 1. The number of aromatic nitrogens is 1. The highest BCUT2D eigenvalue weighted by atomic mass is 35.5. The van der Waals surface area contributed by atoms with Gasteiger partial charge >= 0.3 is 0 Å². The molecule has 1 aromatic heterocycles. The number of H-pyrrole nitrogens is 1. The Kier molecular flexibility index (Phi) is 7.01. The first kappa shape index (κ1) is 24.7. The molecule has 4 aromatic rings. The van der Waals surface area contributed by atoms with Gasteiger partial charge in [0.25, 0.3) is 10.0 Å². The maximum absolute atomic E-state index is 15.2. The zero-order chi connectivity index (χ0) is 25.3. The Labute approximate surface area is 219 Å². The average molecular weight is 548 g/mol. The van der Waals surface area contributed by atoms with Gasteiger partial charge in [-0.2, -0.15) is 0 Å². The van der Waals surface area contributed by atoms with Crippen LogP contribution in [0.1, 0.15) is 18.4 Å². The minimum atomic E-state index is -4.26. The van der Waals surface area contributed by atoms with Gasteiger partial charge in [-0.15, -0.1) is 0 Å². The standard InChI is InChI=1S/C26H24Cl2FN3O3S/c27-18-11-12-20(26-24(18)19(28)16-30-26)31-36(33,34)23-10-3-9-22(25(23)29)35-15-5-14-32-13-4-7-17-6-1-2-8-21(17)32/h1-3,6,8-12,16,30-31H,4-5,7,13-15H2. The molecule has 6 nitrogen and oxygen atoms in total. The Hall–Kier alpha value is -2.94. The lowest BCUT2D eigenvalue weighted by atomic mass is 10.0. The van der Waals surface area contributed by atoms with E-state index in [-0.39, 0.29) is 18.0 Å². The number of fused-ring (bicyclic) bond motifs is 2. The first-order valence-corrected chi connectivity index (χ1v) is 13.8. The SMILES string of the molecule is O=S(=O)(Nc1ccc(Cl)c2c(Cl)c[nH]c12)c1cccc(OCCCN2CCCc3ccccc32)c1F. The van der Waals surface area contributed by atoms with E-state index >= 15 is 4.39 Å². The fourth-order valence-electron chi connectivity index (χ4n) is 4.54. The molecular formula is C26H24Cl2FN3O3S. The van der Waals surface area contributed by atoms with Crippen LogP contribution in [0, 0.1) is 5.82 Å². The van der Waals surface area contributed by atoms with Gasteiger partial charge in [0.2, 0.25) is 0 Å². The summed E-state index contributed by atoms with van der Waals surface area (Å²) in [5, 5.41) is 1.20. The van der Waals surface area contributed by atoms with Crippen molar-refractivity contribution in [3.63, 3.8) is 0 Å². The van der Waals surface area contributed by atoms with Crippen LogP contribution in [-0.2, 0) is 16.4 Å². The highest BCUT2D eigenvalue weighted by Crippen LogP contribution is 2.36. The van der Waals surface area contributed by atoms with Gasteiger partial charge in [-0.25, -0.2) is 12.8 Å². The highest BCUT2D eigenvalue weighted by molar-refractivity contribution is 7.92. The Morgan fingerprint density at radius 3 is 2.75 bits per heavy atom. The lowest BCUT2D eigenvalue weighted by molar-refractivity contribution is 0.293. The fraction of sp³-hybridized carbons (Fsp3) is 0.231. The first-order chi connectivity index (χ1) is 17.3. The predicted octanol–water partition coefficient (Wildman–Crippen LogP) is 6.64. The van der Waals surface area contributed by atoms with Gasteiger partial charge in [0.05, 0.1) is 27.9 Å². The van der Waals surface area contributed by atoms with Crippen LogP contribution < -0.4 is 14.4 Å². The summed E-state index contributed by atoms with van der Waals surface area (Å²) in [4.78, 5) is 4.70. The maximum atomic E-state index is 15.2. The van der Waals surface area contributed by atoms with Crippen LogP contribution in [0.3, 0.4) is 0 Å². The van der Waals surface area contributed by atoms with E-state index in [2.05, 4.69) is 26.7 Å². The smallest absolute Gasteiger partial charge is 0.265 e. The van der Waals surface area contributed by atoms with Gasteiger partial charge in [0.15, 0.2) is 11.6 Å². The summed E-state index contributed by atoms with van der Waals surface area (Å²) in [5.74, 6) is -1.05. The molecule has 0 saturated heterocycles. The van der Waals surface area contributed by atoms with Crippen molar-refractivity contribution in [3.05, 3.63) is 82.2 Å². The molecule has 0 atom stereocenters. The topological polar surface area (TPSA) is 74.4 Å². The number of nitrogens with one attached hydrogen (secondary N) is 2. The number of aryl methyl sites for hydroxylation is 1. The van der Waals surface area contributed by atoms with Crippen LogP contribution in [0.2, 0.25) is 10.0 Å². The van der Waals surface area contributed by atoms with E-state index in [0.717, 1.165) is 25.9 Å². The number of nitrogens with zero attached hydrogens (tertiary/aromatic N) is 1. The van der Waals surface area contributed by atoms with Crippen molar-refractivity contribution in [1.82, 2.24) is 4.98 Å². The molecule has 0 unspecified atom stereocenters. The van der Waals surface area contributed by atoms with Crippen LogP contribution >= 0.6 is 23.2 Å². The van der Waals surface area contributed by atoms with Gasteiger partial charge in [-0.05, 0) is 55.2 Å². The van der Waals surface area contributed by atoms with E-state index in [1.165, 1.54) is 47.8 Å². The largest absolute Gasteiger partial charge is 0.490 e.